The number of hydrogen-bond donors (Lipinski definition) is 2. The molecule has 0 aliphatic heterocycles. The molecule has 0 bridgehead atoms. The second kappa shape index (κ2) is 8.73. The van der Waals surface area contributed by atoms with Crippen molar-refractivity contribution in [3.63, 3.8) is 0 Å². The topological polar surface area (TPSA) is 73.9 Å². The summed E-state index contributed by atoms with van der Waals surface area (Å²) in [6.45, 7) is 9.15. The summed E-state index contributed by atoms with van der Waals surface area (Å²) in [6, 6.07) is 8.13. The van der Waals surface area contributed by atoms with E-state index in [4.69, 9.17) is 0 Å². The van der Waals surface area contributed by atoms with E-state index in [1.165, 1.54) is 10.5 Å². The molecule has 7 heteroatoms. The van der Waals surface area contributed by atoms with Crippen LogP contribution in [0.15, 0.2) is 29.2 Å². The lowest BCUT2D eigenvalue weighted by molar-refractivity contribution is 0.200. The van der Waals surface area contributed by atoms with E-state index in [9.17, 15) is 4.79 Å². The number of hydrogen-bond acceptors (Lipinski definition) is 4. The van der Waals surface area contributed by atoms with E-state index in [1.807, 2.05) is 20.8 Å². The molecular formula is C17H25N5OS. The summed E-state index contributed by atoms with van der Waals surface area (Å²) in [5, 5.41) is 9.83. The van der Waals surface area contributed by atoms with Crippen LogP contribution in [-0.2, 0) is 0 Å². The predicted molar refractivity (Wildman–Crippen MR) is 97.2 cm³/mol. The smallest absolute Gasteiger partial charge is 0.317 e. The van der Waals surface area contributed by atoms with Gasteiger partial charge in [-0.3, -0.25) is 5.10 Å². The standard InChI is InChI=1S/C17H25N5OS/c1-5-22(10-11-24-15-8-6-12(2)7-9-15)17(23)18-13(3)16-19-14(4)20-21-16/h6-9,13H,5,10-11H2,1-4H3,(H,18,23)(H,19,20,21)/t13-/m0/s1. The van der Waals surface area contributed by atoms with Crippen molar-refractivity contribution in [1.29, 1.82) is 0 Å². The quantitative estimate of drug-likeness (QED) is 0.754. The summed E-state index contributed by atoms with van der Waals surface area (Å²) < 4.78 is 0. The fourth-order valence-electron chi connectivity index (χ4n) is 2.21. The molecule has 0 unspecified atom stereocenters. The van der Waals surface area contributed by atoms with E-state index in [0.29, 0.717) is 18.9 Å². The number of aromatic amines is 1. The van der Waals surface area contributed by atoms with Crippen LogP contribution < -0.4 is 5.32 Å². The summed E-state index contributed by atoms with van der Waals surface area (Å²) in [5.41, 5.74) is 1.25. The van der Waals surface area contributed by atoms with E-state index in [-0.39, 0.29) is 12.1 Å². The zero-order valence-electron chi connectivity index (χ0n) is 14.7. The van der Waals surface area contributed by atoms with Crippen LogP contribution in [-0.4, -0.2) is 45.0 Å². The molecule has 0 saturated heterocycles. The van der Waals surface area contributed by atoms with Crippen LogP contribution in [0.25, 0.3) is 0 Å². The van der Waals surface area contributed by atoms with Crippen LogP contribution in [0, 0.1) is 13.8 Å². The molecule has 1 heterocycles. The van der Waals surface area contributed by atoms with Gasteiger partial charge in [-0.25, -0.2) is 9.78 Å². The van der Waals surface area contributed by atoms with Crippen LogP contribution in [0.4, 0.5) is 4.79 Å². The first-order valence-electron chi connectivity index (χ1n) is 8.13. The number of carbonyl (C=O) groups excluding carboxylic acids is 1. The van der Waals surface area contributed by atoms with Gasteiger partial charge in [0.1, 0.15) is 5.82 Å². The van der Waals surface area contributed by atoms with E-state index in [1.54, 1.807) is 16.7 Å². The first kappa shape index (κ1) is 18.3. The fourth-order valence-corrected chi connectivity index (χ4v) is 3.08. The third-order valence-corrected chi connectivity index (χ3v) is 4.65. The molecule has 0 aliphatic carbocycles. The normalized spacial score (nSPS) is 12.0. The molecule has 0 saturated carbocycles. The summed E-state index contributed by atoms with van der Waals surface area (Å²) in [4.78, 5) is 19.7. The van der Waals surface area contributed by atoms with Crippen LogP contribution in [0.1, 0.15) is 37.1 Å². The SMILES string of the molecule is CCN(CCSc1ccc(C)cc1)C(=O)N[C@@H](C)c1n[nH]c(C)n1. The highest BCUT2D eigenvalue weighted by Crippen LogP contribution is 2.18. The van der Waals surface area contributed by atoms with Crippen molar-refractivity contribution in [2.24, 2.45) is 0 Å². The number of rotatable bonds is 7. The molecule has 24 heavy (non-hydrogen) atoms. The Balaban J connectivity index is 1.81. The van der Waals surface area contributed by atoms with Crippen molar-refractivity contribution in [3.8, 4) is 0 Å². The van der Waals surface area contributed by atoms with Gasteiger partial charge >= 0.3 is 6.03 Å². The zero-order chi connectivity index (χ0) is 17.5. The summed E-state index contributed by atoms with van der Waals surface area (Å²) >= 11 is 1.76. The Morgan fingerprint density at radius 3 is 2.62 bits per heavy atom. The number of thioether (sulfide) groups is 1. The summed E-state index contributed by atoms with van der Waals surface area (Å²) in [6.07, 6.45) is 0. The second-order valence-corrected chi connectivity index (χ2v) is 6.86. The lowest BCUT2D eigenvalue weighted by atomic mass is 10.2. The molecule has 1 aromatic carbocycles. The summed E-state index contributed by atoms with van der Waals surface area (Å²) in [5.74, 6) is 2.21. The molecule has 0 spiro atoms. The number of nitrogens with zero attached hydrogens (tertiary/aromatic N) is 3. The average molecular weight is 347 g/mol. The monoisotopic (exact) mass is 347 g/mol. The maximum Gasteiger partial charge on any atom is 0.317 e. The lowest BCUT2D eigenvalue weighted by Gasteiger charge is -2.23. The van der Waals surface area contributed by atoms with Crippen LogP contribution >= 0.6 is 11.8 Å². The molecule has 0 radical (unpaired) electrons. The molecule has 2 N–H and O–H groups in total. The van der Waals surface area contributed by atoms with E-state index >= 15 is 0 Å². The van der Waals surface area contributed by atoms with Gasteiger partial charge < -0.3 is 10.2 Å². The highest BCUT2D eigenvalue weighted by Gasteiger charge is 2.17. The van der Waals surface area contributed by atoms with Crippen LogP contribution in [0.3, 0.4) is 0 Å². The largest absolute Gasteiger partial charge is 0.328 e. The second-order valence-electron chi connectivity index (χ2n) is 5.69. The molecule has 1 atom stereocenters. The third-order valence-electron chi connectivity index (χ3n) is 3.66. The first-order chi connectivity index (χ1) is 11.5. The number of benzene rings is 1. The van der Waals surface area contributed by atoms with E-state index in [0.717, 1.165) is 11.6 Å². The summed E-state index contributed by atoms with van der Waals surface area (Å²) in [7, 11) is 0. The molecular weight excluding hydrogens is 322 g/mol. The van der Waals surface area contributed by atoms with E-state index in [2.05, 4.69) is 51.7 Å². The Hall–Kier alpha value is -2.02. The molecule has 0 aliphatic rings. The minimum absolute atomic E-state index is 0.0861. The highest BCUT2D eigenvalue weighted by molar-refractivity contribution is 7.99. The molecule has 130 valence electrons. The van der Waals surface area contributed by atoms with Crippen molar-refractivity contribution in [2.75, 3.05) is 18.8 Å². The minimum atomic E-state index is -0.221. The van der Waals surface area contributed by atoms with Crippen molar-refractivity contribution in [3.05, 3.63) is 41.5 Å². The van der Waals surface area contributed by atoms with Gasteiger partial charge in [-0.2, -0.15) is 5.10 Å². The first-order valence-corrected chi connectivity index (χ1v) is 9.12. The number of H-pyrrole nitrogens is 1. The van der Waals surface area contributed by atoms with Gasteiger partial charge in [-0.15, -0.1) is 11.8 Å². The molecule has 6 nitrogen and oxygen atoms in total. The average Bonchev–Trinajstić information content (AvgIpc) is 3.00. The van der Waals surface area contributed by atoms with Gasteiger partial charge in [0.25, 0.3) is 0 Å². The zero-order valence-corrected chi connectivity index (χ0v) is 15.5. The number of urea groups is 1. The number of nitrogens with one attached hydrogen (secondary N) is 2. The van der Waals surface area contributed by atoms with Crippen LogP contribution in [0.5, 0.6) is 0 Å². The van der Waals surface area contributed by atoms with Gasteiger partial charge in [0, 0.05) is 23.7 Å². The van der Waals surface area contributed by atoms with Gasteiger partial charge in [0.2, 0.25) is 0 Å². The maximum atomic E-state index is 12.4. The Morgan fingerprint density at radius 2 is 2.04 bits per heavy atom. The van der Waals surface area contributed by atoms with Gasteiger partial charge in [-0.05, 0) is 39.8 Å². The van der Waals surface area contributed by atoms with Crippen molar-refractivity contribution < 1.29 is 4.79 Å². The Kier molecular flexibility index (Phi) is 6.66. The molecule has 2 amide bonds. The predicted octanol–water partition coefficient (Wildman–Crippen LogP) is 3.31. The molecule has 2 aromatic rings. The number of aromatic nitrogens is 3. The number of carbonyl (C=O) groups is 1. The lowest BCUT2D eigenvalue weighted by Crippen LogP contribution is -2.42. The fraction of sp³-hybridized carbons (Fsp3) is 0.471. The Morgan fingerprint density at radius 1 is 1.33 bits per heavy atom. The maximum absolute atomic E-state index is 12.4. The highest BCUT2D eigenvalue weighted by atomic mass is 32.2. The molecule has 0 fully saturated rings. The van der Waals surface area contributed by atoms with Crippen LogP contribution in [0.2, 0.25) is 0 Å². The third kappa shape index (κ3) is 5.26. The van der Waals surface area contributed by atoms with Gasteiger partial charge in [-0.1, -0.05) is 17.7 Å². The molecule has 1 aromatic heterocycles. The number of aryl methyl sites for hydroxylation is 2. The van der Waals surface area contributed by atoms with Gasteiger partial charge in [0.05, 0.1) is 6.04 Å². The van der Waals surface area contributed by atoms with Gasteiger partial charge in [0.15, 0.2) is 5.82 Å². The van der Waals surface area contributed by atoms with E-state index < -0.39 is 0 Å². The van der Waals surface area contributed by atoms with Crippen molar-refractivity contribution in [2.45, 2.75) is 38.6 Å². The Bertz CT molecular complexity index is 655. The minimum Gasteiger partial charge on any atom is -0.328 e. The van der Waals surface area contributed by atoms with Crippen molar-refractivity contribution in [1.82, 2.24) is 25.4 Å². The molecule has 2 rings (SSSR count). The Labute approximate surface area is 147 Å². The van der Waals surface area contributed by atoms with Crippen molar-refractivity contribution >= 4 is 17.8 Å². The number of amides is 2.